The zero-order chi connectivity index (χ0) is 29.5. The molecule has 2 heterocycles. The molecule has 216 valence electrons. The highest BCUT2D eigenvalue weighted by atomic mass is 35.5. The van der Waals surface area contributed by atoms with Crippen molar-refractivity contribution in [2.24, 2.45) is 0 Å². The first kappa shape index (κ1) is 30.1. The third kappa shape index (κ3) is 8.33. The molecule has 1 aliphatic rings. The van der Waals surface area contributed by atoms with E-state index in [0.29, 0.717) is 39.1 Å². The average molecular weight is 622 g/mol. The molecule has 1 fully saturated rings. The maximum Gasteiger partial charge on any atom is 0.234 e. The van der Waals surface area contributed by atoms with Crippen LogP contribution in [-0.4, -0.2) is 49.1 Å². The van der Waals surface area contributed by atoms with Gasteiger partial charge in [0.1, 0.15) is 5.60 Å². The van der Waals surface area contributed by atoms with E-state index in [4.69, 9.17) is 27.9 Å². The summed E-state index contributed by atoms with van der Waals surface area (Å²) >= 11 is 14.2. The Kier molecular flexibility index (Phi) is 9.80. The Morgan fingerprint density at radius 3 is 2.67 bits per heavy atom. The van der Waals surface area contributed by atoms with Crippen LogP contribution in [0.25, 0.3) is 5.69 Å². The fourth-order valence-electron chi connectivity index (χ4n) is 4.21. The molecule has 1 amide bonds. The quantitative estimate of drug-likeness (QED) is 0.112. The monoisotopic (exact) mass is 620 g/mol. The van der Waals surface area contributed by atoms with Crippen LogP contribution in [0.4, 0.5) is 5.69 Å². The Morgan fingerprint density at radius 2 is 1.93 bits per heavy atom. The number of amides is 1. The Balaban J connectivity index is 1.12. The lowest BCUT2D eigenvalue weighted by molar-refractivity contribution is -0.113. The van der Waals surface area contributed by atoms with Crippen molar-refractivity contribution in [3.8, 4) is 17.5 Å². The number of benzene rings is 2. The van der Waals surface area contributed by atoms with Gasteiger partial charge in [0.05, 0.1) is 27.2 Å². The molecule has 0 radical (unpaired) electrons. The van der Waals surface area contributed by atoms with Crippen molar-refractivity contribution in [2.75, 3.05) is 17.7 Å². The number of carbonyl (C=O) groups is 1. The Labute approximate surface area is 259 Å². The molecule has 8 nitrogen and oxygen atoms in total. The summed E-state index contributed by atoms with van der Waals surface area (Å²) < 4.78 is 7.54. The van der Waals surface area contributed by atoms with E-state index in [1.54, 1.807) is 29.2 Å². The Hall–Kier alpha value is -3.42. The van der Waals surface area contributed by atoms with Gasteiger partial charge in [-0.3, -0.25) is 9.78 Å². The molecule has 1 N–H and O–H groups in total. The average Bonchev–Trinajstić information content (AvgIpc) is 3.73. The molecule has 2 aromatic heterocycles. The topological polar surface area (TPSA) is 94.8 Å². The van der Waals surface area contributed by atoms with Crippen LogP contribution in [0.15, 0.2) is 66.1 Å². The number of aromatic nitrogens is 5. The van der Waals surface area contributed by atoms with Gasteiger partial charge < -0.3 is 10.1 Å². The first-order valence-corrected chi connectivity index (χ1v) is 15.4. The third-order valence-corrected chi connectivity index (χ3v) is 8.13. The van der Waals surface area contributed by atoms with Crippen LogP contribution < -0.4 is 5.32 Å². The Bertz CT molecular complexity index is 1610. The van der Waals surface area contributed by atoms with Gasteiger partial charge in [-0.2, -0.15) is 4.68 Å². The van der Waals surface area contributed by atoms with Gasteiger partial charge in [0.15, 0.2) is 0 Å². The number of hydrogen-bond acceptors (Lipinski definition) is 7. The lowest BCUT2D eigenvalue weighted by Crippen LogP contribution is -2.22. The van der Waals surface area contributed by atoms with Gasteiger partial charge in [-0.1, -0.05) is 52.9 Å². The maximum absolute atomic E-state index is 12.7. The van der Waals surface area contributed by atoms with Crippen molar-refractivity contribution in [2.45, 2.75) is 56.2 Å². The van der Waals surface area contributed by atoms with E-state index in [0.717, 1.165) is 18.4 Å². The van der Waals surface area contributed by atoms with Gasteiger partial charge in [-0.05, 0) is 109 Å². The summed E-state index contributed by atoms with van der Waals surface area (Å²) in [6.07, 6.45) is 7.79. The molecule has 0 atom stereocenters. The number of aryl methyl sites for hydroxylation is 1. The molecule has 4 aromatic rings. The summed E-state index contributed by atoms with van der Waals surface area (Å²) in [5.41, 5.74) is 3.74. The van der Waals surface area contributed by atoms with Crippen LogP contribution in [0.2, 0.25) is 10.0 Å². The second-order valence-corrected chi connectivity index (χ2v) is 12.2. The van der Waals surface area contributed by atoms with Crippen molar-refractivity contribution >= 4 is 46.6 Å². The van der Waals surface area contributed by atoms with Gasteiger partial charge in [-0.25, -0.2) is 0 Å². The predicted octanol–water partition coefficient (Wildman–Crippen LogP) is 6.75. The number of halogens is 2. The molecule has 0 unspecified atom stereocenters. The van der Waals surface area contributed by atoms with Crippen LogP contribution in [-0.2, 0) is 16.0 Å². The summed E-state index contributed by atoms with van der Waals surface area (Å²) in [7, 11) is 0. The van der Waals surface area contributed by atoms with Gasteiger partial charge in [0.25, 0.3) is 0 Å². The number of anilines is 1. The number of pyridine rings is 1. The zero-order valence-corrected chi connectivity index (χ0v) is 25.6. The van der Waals surface area contributed by atoms with Gasteiger partial charge in [0, 0.05) is 24.6 Å². The van der Waals surface area contributed by atoms with Gasteiger partial charge >= 0.3 is 0 Å². The number of hydrogen-bond donors (Lipinski definition) is 1. The molecule has 5 rings (SSSR count). The second kappa shape index (κ2) is 13.7. The van der Waals surface area contributed by atoms with E-state index in [-0.39, 0.29) is 11.7 Å². The van der Waals surface area contributed by atoms with Gasteiger partial charge in [-0.15, -0.1) is 5.10 Å². The van der Waals surface area contributed by atoms with Crippen molar-refractivity contribution in [3.63, 3.8) is 0 Å². The number of carbonyl (C=O) groups excluding carboxylic acids is 1. The molecular formula is C31H30Cl2N6O2S. The lowest BCUT2D eigenvalue weighted by Gasteiger charge is -2.18. The van der Waals surface area contributed by atoms with E-state index in [2.05, 4.69) is 43.7 Å². The summed E-state index contributed by atoms with van der Waals surface area (Å²) in [5.74, 6) is 6.73. The molecule has 1 aliphatic carbocycles. The number of nitrogens with zero attached hydrogens (tertiary/aromatic N) is 5. The minimum absolute atomic E-state index is 0.0860. The first-order chi connectivity index (χ1) is 20.3. The molecular weight excluding hydrogens is 591 g/mol. The minimum Gasteiger partial charge on any atom is -0.363 e. The standard InChI is InChI=1S/C31H30Cl2N6O2S/c1-31(2,41-17-3-4-21-12-15-34-16-13-21)14-11-22-5-9-27(25(32)18-22)35-29(40)20-42-30-36-37-38-39(30)28-10-8-24(19-26(28)33)23-6-7-23/h5,8-10,12-13,15-16,18-19,23H,3-4,6-7,17,20H2,1-2H3,(H,35,40). The molecule has 0 bridgehead atoms. The number of thioether (sulfide) groups is 1. The van der Waals surface area contributed by atoms with Crippen LogP contribution >= 0.6 is 35.0 Å². The first-order valence-electron chi connectivity index (χ1n) is 13.6. The largest absolute Gasteiger partial charge is 0.363 e. The number of tetrazole rings is 1. The molecule has 0 saturated heterocycles. The molecule has 1 saturated carbocycles. The third-order valence-electron chi connectivity index (χ3n) is 6.60. The van der Waals surface area contributed by atoms with Crippen LogP contribution in [0.3, 0.4) is 0 Å². The minimum atomic E-state index is -0.617. The summed E-state index contributed by atoms with van der Waals surface area (Å²) in [5, 5.41) is 16.2. The van der Waals surface area contributed by atoms with Crippen molar-refractivity contribution in [3.05, 3.63) is 87.7 Å². The zero-order valence-electron chi connectivity index (χ0n) is 23.3. The molecule has 11 heteroatoms. The Morgan fingerprint density at radius 1 is 1.12 bits per heavy atom. The van der Waals surface area contributed by atoms with Crippen LogP contribution in [0, 0.1) is 11.8 Å². The highest BCUT2D eigenvalue weighted by molar-refractivity contribution is 7.99. The summed E-state index contributed by atoms with van der Waals surface area (Å²) in [6.45, 7) is 4.47. The van der Waals surface area contributed by atoms with E-state index < -0.39 is 5.60 Å². The fraction of sp³-hybridized carbons (Fsp3) is 0.323. The van der Waals surface area contributed by atoms with Crippen molar-refractivity contribution in [1.29, 1.82) is 0 Å². The van der Waals surface area contributed by atoms with Crippen LogP contribution in [0.1, 0.15) is 55.7 Å². The van der Waals surface area contributed by atoms with Crippen molar-refractivity contribution < 1.29 is 9.53 Å². The normalized spacial score (nSPS) is 13.0. The van der Waals surface area contributed by atoms with E-state index in [1.165, 1.54) is 35.7 Å². The van der Waals surface area contributed by atoms with E-state index >= 15 is 0 Å². The van der Waals surface area contributed by atoms with Gasteiger partial charge in [0.2, 0.25) is 11.1 Å². The molecule has 0 aliphatic heterocycles. The van der Waals surface area contributed by atoms with Crippen LogP contribution in [0.5, 0.6) is 0 Å². The summed E-state index contributed by atoms with van der Waals surface area (Å²) in [4.78, 5) is 16.8. The smallest absolute Gasteiger partial charge is 0.234 e. The summed E-state index contributed by atoms with van der Waals surface area (Å²) in [6, 6.07) is 15.2. The fourth-order valence-corrected chi connectivity index (χ4v) is 5.39. The highest BCUT2D eigenvalue weighted by Gasteiger charge is 2.24. The van der Waals surface area contributed by atoms with E-state index in [1.807, 2.05) is 44.2 Å². The predicted molar refractivity (Wildman–Crippen MR) is 166 cm³/mol. The molecule has 0 spiro atoms. The SMILES string of the molecule is CC(C)(C#Cc1ccc(NC(=O)CSc2nnnn2-c2ccc(C3CC3)cc2Cl)c(Cl)c1)OCCCc1ccncc1. The number of nitrogens with one attached hydrogen (secondary N) is 1. The molecule has 42 heavy (non-hydrogen) atoms. The number of rotatable bonds is 11. The second-order valence-electron chi connectivity index (χ2n) is 10.5. The number of ether oxygens (including phenoxy) is 1. The highest BCUT2D eigenvalue weighted by Crippen LogP contribution is 2.41. The molecule has 2 aromatic carbocycles. The van der Waals surface area contributed by atoms with E-state index in [9.17, 15) is 4.79 Å². The maximum atomic E-state index is 12.7. The lowest BCUT2D eigenvalue weighted by atomic mass is 10.1. The van der Waals surface area contributed by atoms with Crippen molar-refractivity contribution in [1.82, 2.24) is 25.2 Å².